The quantitative estimate of drug-likeness (QED) is 0.523. The summed E-state index contributed by atoms with van der Waals surface area (Å²) in [6.07, 6.45) is 4.81. The first-order chi connectivity index (χ1) is 12.2. The van der Waals surface area contributed by atoms with Crippen LogP contribution in [0.5, 0.6) is 0 Å². The molecule has 0 spiro atoms. The molecule has 26 heavy (non-hydrogen) atoms. The van der Waals surface area contributed by atoms with Gasteiger partial charge in [-0.05, 0) is 18.1 Å². The molecular weight excluding hydrogens is 439 g/mol. The second kappa shape index (κ2) is 7.08. The van der Waals surface area contributed by atoms with Gasteiger partial charge in [-0.2, -0.15) is 0 Å². The molecule has 4 heterocycles. The maximum atomic E-state index is 5.91. The number of H-pyrrole nitrogens is 1. The number of quaternary nitrogens is 1. The SMILES string of the molecule is CC[C@H]1CC(C2OCCO2)C[C@H]2c3[nH]c4ccccc4c3CC[N+]12C.[I-]. The van der Waals surface area contributed by atoms with Gasteiger partial charge in [0.2, 0.25) is 0 Å². The van der Waals surface area contributed by atoms with Crippen molar-refractivity contribution in [1.82, 2.24) is 4.98 Å². The summed E-state index contributed by atoms with van der Waals surface area (Å²) in [5, 5.41) is 1.42. The van der Waals surface area contributed by atoms with Gasteiger partial charge in [0.1, 0.15) is 6.04 Å². The zero-order valence-electron chi connectivity index (χ0n) is 15.7. The molecule has 0 bridgehead atoms. The minimum Gasteiger partial charge on any atom is -1.00 e. The third-order valence-corrected chi connectivity index (χ3v) is 7.17. The zero-order valence-corrected chi connectivity index (χ0v) is 17.9. The number of nitrogens with one attached hydrogen (secondary N) is 1. The van der Waals surface area contributed by atoms with Gasteiger partial charge in [0.05, 0.1) is 38.5 Å². The van der Waals surface area contributed by atoms with Crippen LogP contribution in [0.2, 0.25) is 0 Å². The first kappa shape index (κ1) is 18.7. The lowest BCUT2D eigenvalue weighted by Crippen LogP contribution is -3.00. The van der Waals surface area contributed by atoms with E-state index in [4.69, 9.17) is 9.47 Å². The molecule has 3 aliphatic heterocycles. The average molecular weight is 468 g/mol. The van der Waals surface area contributed by atoms with Crippen LogP contribution in [0.25, 0.3) is 10.9 Å². The van der Waals surface area contributed by atoms with E-state index in [1.54, 1.807) is 5.56 Å². The number of piperidine rings is 1. The molecule has 0 radical (unpaired) electrons. The van der Waals surface area contributed by atoms with Crippen LogP contribution < -0.4 is 24.0 Å². The number of halogens is 1. The third-order valence-electron chi connectivity index (χ3n) is 7.17. The van der Waals surface area contributed by atoms with Crippen LogP contribution in [0.3, 0.4) is 0 Å². The van der Waals surface area contributed by atoms with E-state index in [9.17, 15) is 0 Å². The molecular formula is C21H29IN2O2. The van der Waals surface area contributed by atoms with E-state index in [0.29, 0.717) is 18.0 Å². The Balaban J connectivity index is 0.00000168. The van der Waals surface area contributed by atoms with Gasteiger partial charge >= 0.3 is 0 Å². The topological polar surface area (TPSA) is 34.2 Å². The van der Waals surface area contributed by atoms with Crippen LogP contribution in [-0.4, -0.2) is 48.6 Å². The lowest BCUT2D eigenvalue weighted by atomic mass is 9.78. The number of para-hydroxylation sites is 1. The summed E-state index contributed by atoms with van der Waals surface area (Å²) in [7, 11) is 2.49. The van der Waals surface area contributed by atoms with Crippen LogP contribution in [0.15, 0.2) is 24.3 Å². The van der Waals surface area contributed by atoms with Crippen LogP contribution >= 0.6 is 0 Å². The van der Waals surface area contributed by atoms with Crippen LogP contribution in [0, 0.1) is 5.92 Å². The van der Waals surface area contributed by atoms with Gasteiger partial charge in [-0.3, -0.25) is 0 Å². The zero-order chi connectivity index (χ0) is 17.0. The Bertz CT molecular complexity index is 785. The van der Waals surface area contributed by atoms with Crippen molar-refractivity contribution in [3.8, 4) is 0 Å². The molecule has 5 rings (SSSR count). The lowest BCUT2D eigenvalue weighted by molar-refractivity contribution is -0.971. The summed E-state index contributed by atoms with van der Waals surface area (Å²) in [4.78, 5) is 3.80. The number of aromatic nitrogens is 1. The molecule has 0 aliphatic carbocycles. The minimum absolute atomic E-state index is 0. The maximum Gasteiger partial charge on any atom is 0.161 e. The van der Waals surface area contributed by atoms with Crippen LogP contribution in [-0.2, 0) is 15.9 Å². The van der Waals surface area contributed by atoms with Gasteiger partial charge in [0, 0.05) is 36.1 Å². The Morgan fingerprint density at radius 3 is 2.69 bits per heavy atom. The summed E-state index contributed by atoms with van der Waals surface area (Å²) in [5.74, 6) is 0.515. The van der Waals surface area contributed by atoms with Gasteiger partial charge in [0.15, 0.2) is 6.29 Å². The molecule has 0 saturated carbocycles. The summed E-state index contributed by atoms with van der Waals surface area (Å²) < 4.78 is 13.0. The van der Waals surface area contributed by atoms with Crippen LogP contribution in [0.1, 0.15) is 43.5 Å². The first-order valence-electron chi connectivity index (χ1n) is 9.88. The highest BCUT2D eigenvalue weighted by atomic mass is 127. The highest BCUT2D eigenvalue weighted by molar-refractivity contribution is 5.85. The minimum atomic E-state index is 0. The van der Waals surface area contributed by atoms with E-state index in [1.165, 1.54) is 46.9 Å². The summed E-state index contributed by atoms with van der Waals surface area (Å²) in [6.45, 7) is 5.11. The van der Waals surface area contributed by atoms with E-state index in [-0.39, 0.29) is 30.3 Å². The molecule has 2 aromatic rings. The monoisotopic (exact) mass is 468 g/mol. The highest BCUT2D eigenvalue weighted by Crippen LogP contribution is 2.49. The molecule has 4 nitrogen and oxygen atoms in total. The number of hydrogen-bond acceptors (Lipinski definition) is 2. The van der Waals surface area contributed by atoms with Crippen molar-refractivity contribution in [2.75, 3.05) is 26.8 Å². The Hall–Kier alpha value is -0.630. The van der Waals surface area contributed by atoms with E-state index < -0.39 is 0 Å². The molecule has 3 aliphatic rings. The first-order valence-corrected chi connectivity index (χ1v) is 9.88. The molecule has 5 heteroatoms. The molecule has 2 saturated heterocycles. The van der Waals surface area contributed by atoms with Gasteiger partial charge < -0.3 is 42.9 Å². The summed E-state index contributed by atoms with van der Waals surface area (Å²) >= 11 is 0. The Morgan fingerprint density at radius 1 is 1.15 bits per heavy atom. The van der Waals surface area contributed by atoms with Gasteiger partial charge in [-0.25, -0.2) is 0 Å². The number of benzene rings is 1. The van der Waals surface area contributed by atoms with E-state index in [0.717, 1.165) is 19.6 Å². The Labute approximate surface area is 172 Å². The highest BCUT2D eigenvalue weighted by Gasteiger charge is 2.52. The number of likely N-dealkylation sites (N-methyl/N-ethyl adjacent to an activating group) is 1. The number of rotatable bonds is 2. The van der Waals surface area contributed by atoms with Crippen molar-refractivity contribution < 1.29 is 37.9 Å². The molecule has 1 aromatic heterocycles. The molecule has 1 aromatic carbocycles. The Morgan fingerprint density at radius 2 is 1.92 bits per heavy atom. The van der Waals surface area contributed by atoms with Crippen molar-refractivity contribution in [3.05, 3.63) is 35.5 Å². The van der Waals surface area contributed by atoms with E-state index >= 15 is 0 Å². The van der Waals surface area contributed by atoms with Gasteiger partial charge in [-0.1, -0.05) is 25.1 Å². The number of ether oxygens (including phenoxy) is 2. The molecule has 2 unspecified atom stereocenters. The lowest BCUT2D eigenvalue weighted by Gasteiger charge is -2.54. The predicted octanol–water partition coefficient (Wildman–Crippen LogP) is 0.777. The summed E-state index contributed by atoms with van der Waals surface area (Å²) in [5.41, 5.74) is 4.33. The van der Waals surface area contributed by atoms with Crippen molar-refractivity contribution in [2.24, 2.45) is 5.92 Å². The second-order valence-electron chi connectivity index (χ2n) is 8.30. The summed E-state index contributed by atoms with van der Waals surface area (Å²) in [6, 6.07) is 10.0. The van der Waals surface area contributed by atoms with Crippen molar-refractivity contribution in [2.45, 2.75) is 51.0 Å². The van der Waals surface area contributed by atoms with Crippen molar-refractivity contribution in [1.29, 1.82) is 0 Å². The predicted molar refractivity (Wildman–Crippen MR) is 98.3 cm³/mol. The number of hydrogen-bond donors (Lipinski definition) is 1. The average Bonchev–Trinajstić information content (AvgIpc) is 3.28. The van der Waals surface area contributed by atoms with Crippen LogP contribution in [0.4, 0.5) is 0 Å². The smallest absolute Gasteiger partial charge is 0.161 e. The Kier molecular flexibility index (Phi) is 5.09. The number of nitrogens with zero attached hydrogens (tertiary/aromatic N) is 1. The van der Waals surface area contributed by atoms with Gasteiger partial charge in [-0.15, -0.1) is 0 Å². The third kappa shape index (κ3) is 2.74. The largest absolute Gasteiger partial charge is 1.00 e. The fourth-order valence-electron chi connectivity index (χ4n) is 5.80. The van der Waals surface area contributed by atoms with Crippen molar-refractivity contribution in [3.63, 3.8) is 0 Å². The standard InChI is InChI=1S/C21H29N2O2.HI/c1-3-15-12-14(21-24-10-11-25-21)13-19-20-17(8-9-23(15,19)2)16-6-4-5-7-18(16)22-20;/h4-7,14-15,19,21-22H,3,8-13H2,1-2H3;1H/q+1;/p-1/t14?,15-,19-,23?;/m0./s1. The number of fused-ring (bicyclic) bond motifs is 5. The van der Waals surface area contributed by atoms with Gasteiger partial charge in [0.25, 0.3) is 0 Å². The molecule has 2 fully saturated rings. The fraction of sp³-hybridized carbons (Fsp3) is 0.619. The van der Waals surface area contributed by atoms with Crippen molar-refractivity contribution >= 4 is 10.9 Å². The normalized spacial score (nSPS) is 34.3. The molecule has 142 valence electrons. The van der Waals surface area contributed by atoms with E-state index in [1.807, 2.05) is 0 Å². The van der Waals surface area contributed by atoms with E-state index in [2.05, 4.69) is 43.2 Å². The number of aromatic amines is 1. The maximum absolute atomic E-state index is 5.91. The molecule has 0 amide bonds. The molecule has 1 N–H and O–H groups in total. The molecule has 4 atom stereocenters. The fourth-order valence-corrected chi connectivity index (χ4v) is 5.80. The second-order valence-corrected chi connectivity index (χ2v) is 8.30.